The SMILES string of the molecule is c1ccc2c(CN=Nc3cc(N4CCOCC4)nc(CCC4OCCCO4)n3)c[nH]c2c1. The zero-order valence-corrected chi connectivity index (χ0v) is 18.1. The Balaban J connectivity index is 1.32. The minimum absolute atomic E-state index is 0.189. The molecule has 0 spiro atoms. The van der Waals surface area contributed by atoms with Crippen LogP contribution in [0, 0.1) is 0 Å². The van der Waals surface area contributed by atoms with E-state index in [0.717, 1.165) is 67.3 Å². The standard InChI is InChI=1S/C23H28N6O3/c1-2-5-19-18(4-1)17(15-24-19)16-25-28-21-14-22(29-8-12-30-13-9-29)27-20(26-21)6-7-23-31-10-3-11-32-23/h1-2,4-5,14-15,23-24H,3,6-13,16H2. The van der Waals surface area contributed by atoms with E-state index in [1.807, 2.05) is 24.4 Å². The molecule has 5 rings (SSSR count). The average Bonchev–Trinajstić information content (AvgIpc) is 3.27. The van der Waals surface area contributed by atoms with Crippen molar-refractivity contribution in [2.24, 2.45) is 10.2 Å². The summed E-state index contributed by atoms with van der Waals surface area (Å²) in [7, 11) is 0. The number of aromatic nitrogens is 3. The van der Waals surface area contributed by atoms with Gasteiger partial charge in [0.15, 0.2) is 12.1 Å². The van der Waals surface area contributed by atoms with Gasteiger partial charge in [-0.2, -0.15) is 5.11 Å². The Hall–Kier alpha value is -2.88. The summed E-state index contributed by atoms with van der Waals surface area (Å²) >= 11 is 0. The number of rotatable bonds is 7. The normalized spacial score (nSPS) is 18.1. The smallest absolute Gasteiger partial charge is 0.179 e. The first-order valence-corrected chi connectivity index (χ1v) is 11.2. The van der Waals surface area contributed by atoms with Gasteiger partial charge in [0.05, 0.1) is 33.0 Å². The Labute approximate surface area is 186 Å². The predicted octanol–water partition coefficient (Wildman–Crippen LogP) is 3.77. The first-order valence-electron chi connectivity index (χ1n) is 11.2. The highest BCUT2D eigenvalue weighted by Crippen LogP contribution is 2.23. The summed E-state index contributed by atoms with van der Waals surface area (Å²) in [6.45, 7) is 4.97. The number of H-pyrrole nitrogens is 1. The molecule has 32 heavy (non-hydrogen) atoms. The minimum atomic E-state index is -0.189. The number of morpholine rings is 1. The summed E-state index contributed by atoms with van der Waals surface area (Å²) in [5.41, 5.74) is 2.21. The fourth-order valence-electron chi connectivity index (χ4n) is 3.98. The Morgan fingerprint density at radius 2 is 1.91 bits per heavy atom. The zero-order valence-electron chi connectivity index (χ0n) is 18.1. The number of ether oxygens (including phenoxy) is 3. The van der Waals surface area contributed by atoms with Crippen molar-refractivity contribution in [2.75, 3.05) is 44.4 Å². The van der Waals surface area contributed by atoms with E-state index in [0.29, 0.717) is 32.0 Å². The van der Waals surface area contributed by atoms with Crippen molar-refractivity contribution in [2.45, 2.75) is 32.1 Å². The lowest BCUT2D eigenvalue weighted by atomic mass is 10.2. The summed E-state index contributed by atoms with van der Waals surface area (Å²) in [4.78, 5) is 14.9. The van der Waals surface area contributed by atoms with E-state index >= 15 is 0 Å². The fraction of sp³-hybridized carbons (Fsp3) is 0.478. The number of hydrogen-bond donors (Lipinski definition) is 1. The predicted molar refractivity (Wildman–Crippen MR) is 120 cm³/mol. The van der Waals surface area contributed by atoms with Gasteiger partial charge in [-0.25, -0.2) is 9.97 Å². The summed E-state index contributed by atoms with van der Waals surface area (Å²) in [5.74, 6) is 2.17. The number of azo groups is 1. The lowest BCUT2D eigenvalue weighted by Gasteiger charge is -2.28. The van der Waals surface area contributed by atoms with Crippen LogP contribution in [0.4, 0.5) is 11.6 Å². The number of fused-ring (bicyclic) bond motifs is 1. The van der Waals surface area contributed by atoms with Crippen LogP contribution in [0.15, 0.2) is 46.8 Å². The number of benzene rings is 1. The Morgan fingerprint density at radius 1 is 1.06 bits per heavy atom. The number of para-hydroxylation sites is 1. The molecule has 168 valence electrons. The van der Waals surface area contributed by atoms with Gasteiger partial charge in [-0.3, -0.25) is 0 Å². The first-order chi connectivity index (χ1) is 15.8. The lowest BCUT2D eigenvalue weighted by molar-refractivity contribution is -0.180. The monoisotopic (exact) mass is 436 g/mol. The van der Waals surface area contributed by atoms with E-state index in [2.05, 4.69) is 37.2 Å². The molecule has 0 bridgehead atoms. The first kappa shape index (κ1) is 21.0. The summed E-state index contributed by atoms with van der Waals surface area (Å²) in [6, 6.07) is 10.1. The zero-order chi connectivity index (χ0) is 21.6. The minimum Gasteiger partial charge on any atom is -0.378 e. The van der Waals surface area contributed by atoms with Crippen molar-refractivity contribution in [3.05, 3.63) is 47.9 Å². The number of aromatic amines is 1. The van der Waals surface area contributed by atoms with Crippen LogP contribution in [-0.4, -0.2) is 60.8 Å². The molecule has 2 aromatic heterocycles. The van der Waals surface area contributed by atoms with Gasteiger partial charge in [0.2, 0.25) is 0 Å². The second-order valence-electron chi connectivity index (χ2n) is 7.92. The van der Waals surface area contributed by atoms with Gasteiger partial charge in [0.1, 0.15) is 11.6 Å². The second kappa shape index (κ2) is 10.2. The van der Waals surface area contributed by atoms with Crippen molar-refractivity contribution in [3.63, 3.8) is 0 Å². The van der Waals surface area contributed by atoms with Gasteiger partial charge in [0.25, 0.3) is 0 Å². The Bertz CT molecular complexity index is 1060. The molecule has 9 heteroatoms. The van der Waals surface area contributed by atoms with Crippen LogP contribution in [0.1, 0.15) is 24.2 Å². The molecule has 0 aliphatic carbocycles. The van der Waals surface area contributed by atoms with Crippen LogP contribution in [0.5, 0.6) is 0 Å². The van der Waals surface area contributed by atoms with E-state index in [-0.39, 0.29) is 6.29 Å². The van der Waals surface area contributed by atoms with Gasteiger partial charge in [0, 0.05) is 54.7 Å². The number of aryl methyl sites for hydroxylation is 1. The molecule has 9 nitrogen and oxygen atoms in total. The molecule has 3 aromatic rings. The number of nitrogens with one attached hydrogen (secondary N) is 1. The molecule has 0 atom stereocenters. The maximum Gasteiger partial charge on any atom is 0.179 e. The van der Waals surface area contributed by atoms with E-state index in [1.54, 1.807) is 0 Å². The molecule has 0 unspecified atom stereocenters. The highest BCUT2D eigenvalue weighted by atomic mass is 16.7. The third-order valence-corrected chi connectivity index (χ3v) is 5.67. The third-order valence-electron chi connectivity index (χ3n) is 5.67. The largest absolute Gasteiger partial charge is 0.378 e. The molecule has 2 fully saturated rings. The highest BCUT2D eigenvalue weighted by Gasteiger charge is 2.18. The highest BCUT2D eigenvalue weighted by molar-refractivity contribution is 5.82. The lowest BCUT2D eigenvalue weighted by Crippen LogP contribution is -2.37. The molecule has 0 amide bonds. The molecular formula is C23H28N6O3. The van der Waals surface area contributed by atoms with E-state index < -0.39 is 0 Å². The van der Waals surface area contributed by atoms with Gasteiger partial charge in [-0.05, 0) is 12.5 Å². The fourth-order valence-corrected chi connectivity index (χ4v) is 3.98. The summed E-state index contributed by atoms with van der Waals surface area (Å²) in [6.07, 6.45) is 4.12. The van der Waals surface area contributed by atoms with Crippen LogP contribution in [0.2, 0.25) is 0 Å². The van der Waals surface area contributed by atoms with Crippen LogP contribution in [0.3, 0.4) is 0 Å². The number of nitrogens with zero attached hydrogens (tertiary/aromatic N) is 5. The van der Waals surface area contributed by atoms with Crippen molar-refractivity contribution >= 4 is 22.5 Å². The number of hydrogen-bond acceptors (Lipinski definition) is 8. The number of anilines is 1. The van der Waals surface area contributed by atoms with Gasteiger partial charge >= 0.3 is 0 Å². The third kappa shape index (κ3) is 5.12. The van der Waals surface area contributed by atoms with E-state index in [9.17, 15) is 0 Å². The van der Waals surface area contributed by atoms with Crippen LogP contribution < -0.4 is 4.90 Å². The molecule has 0 radical (unpaired) electrons. The molecule has 0 saturated carbocycles. The Kier molecular flexibility index (Phi) is 6.66. The molecular weight excluding hydrogens is 408 g/mol. The van der Waals surface area contributed by atoms with Gasteiger partial charge < -0.3 is 24.1 Å². The topological polar surface area (TPSA) is 97.2 Å². The maximum absolute atomic E-state index is 5.67. The van der Waals surface area contributed by atoms with Crippen LogP contribution in [0.25, 0.3) is 10.9 Å². The van der Waals surface area contributed by atoms with Crippen LogP contribution >= 0.6 is 0 Å². The quantitative estimate of drug-likeness (QED) is 0.566. The molecule has 2 saturated heterocycles. The second-order valence-corrected chi connectivity index (χ2v) is 7.92. The van der Waals surface area contributed by atoms with Crippen molar-refractivity contribution in [1.29, 1.82) is 0 Å². The van der Waals surface area contributed by atoms with Crippen molar-refractivity contribution in [1.82, 2.24) is 15.0 Å². The van der Waals surface area contributed by atoms with Crippen molar-refractivity contribution < 1.29 is 14.2 Å². The average molecular weight is 437 g/mol. The maximum atomic E-state index is 5.67. The van der Waals surface area contributed by atoms with Crippen molar-refractivity contribution in [3.8, 4) is 0 Å². The van der Waals surface area contributed by atoms with Gasteiger partial charge in [-0.1, -0.05) is 18.2 Å². The Morgan fingerprint density at radius 3 is 2.78 bits per heavy atom. The summed E-state index contributed by atoms with van der Waals surface area (Å²) < 4.78 is 16.8. The molecule has 1 aromatic carbocycles. The van der Waals surface area contributed by atoms with Crippen LogP contribution in [-0.2, 0) is 27.2 Å². The molecule has 1 N–H and O–H groups in total. The van der Waals surface area contributed by atoms with Gasteiger partial charge in [-0.15, -0.1) is 5.11 Å². The molecule has 2 aliphatic heterocycles. The molecule has 2 aliphatic rings. The van der Waals surface area contributed by atoms with E-state index in [4.69, 9.17) is 19.2 Å². The molecule has 4 heterocycles. The summed E-state index contributed by atoms with van der Waals surface area (Å²) in [5, 5.41) is 10.0. The van der Waals surface area contributed by atoms with E-state index in [1.165, 1.54) is 0 Å².